The van der Waals surface area contributed by atoms with Crippen LogP contribution in [-0.2, 0) is 19.1 Å². The van der Waals surface area contributed by atoms with Gasteiger partial charge in [0.1, 0.15) is 23.6 Å². The van der Waals surface area contributed by atoms with Crippen LogP contribution in [0.5, 0.6) is 11.5 Å². The lowest BCUT2D eigenvalue weighted by Crippen LogP contribution is -2.26. The highest BCUT2D eigenvalue weighted by atomic mass is 16.5. The zero-order chi connectivity index (χ0) is 30.6. The number of hydrogen-bond donors (Lipinski definition) is 2. The van der Waals surface area contributed by atoms with Gasteiger partial charge in [-0.25, -0.2) is 9.59 Å². The molecule has 0 saturated carbocycles. The summed E-state index contributed by atoms with van der Waals surface area (Å²) in [6.45, 7) is 7.47. The SMILES string of the molecule is COC(=O)[C@@H](N=Cc1cc2ccccc2c(-c2c(O)c(C=N[C@H](C(=O)OC)C(C)C)cc3ccccc23)c1O)C(C)C. The van der Waals surface area contributed by atoms with Crippen molar-refractivity contribution in [2.24, 2.45) is 21.8 Å². The highest BCUT2D eigenvalue weighted by Gasteiger charge is 2.25. The van der Waals surface area contributed by atoms with Crippen LogP contribution in [0, 0.1) is 11.8 Å². The standard InChI is InChI=1S/C34H36N2O6/c1-19(2)29(33(39)41-5)35-17-23-15-21-11-7-9-13-25(21)27(31(23)37)28-26-14-10-8-12-22(26)16-24(32(28)38)18-36-30(20(3)4)34(40)42-6/h7-20,29-30,37-38H,1-6H3/t29-,30-/m0/s1. The van der Waals surface area contributed by atoms with E-state index < -0.39 is 24.0 Å². The van der Waals surface area contributed by atoms with E-state index in [1.54, 1.807) is 12.1 Å². The second-order valence-electron chi connectivity index (χ2n) is 10.8. The Morgan fingerprint density at radius 2 is 1.02 bits per heavy atom. The zero-order valence-corrected chi connectivity index (χ0v) is 24.7. The monoisotopic (exact) mass is 568 g/mol. The number of rotatable bonds is 9. The summed E-state index contributed by atoms with van der Waals surface area (Å²) in [6.07, 6.45) is 2.95. The third kappa shape index (κ3) is 5.98. The van der Waals surface area contributed by atoms with E-state index in [2.05, 4.69) is 9.98 Å². The number of phenolic OH excluding ortho intramolecular Hbond substituents is 2. The van der Waals surface area contributed by atoms with Crippen molar-refractivity contribution in [3.63, 3.8) is 0 Å². The lowest BCUT2D eigenvalue weighted by molar-refractivity contribution is -0.143. The van der Waals surface area contributed by atoms with Crippen LogP contribution in [0.15, 0.2) is 70.6 Å². The Morgan fingerprint density at radius 3 is 1.36 bits per heavy atom. The van der Waals surface area contributed by atoms with Gasteiger partial charge in [0.05, 0.1) is 14.2 Å². The van der Waals surface area contributed by atoms with Crippen molar-refractivity contribution in [1.82, 2.24) is 0 Å². The number of aliphatic imine (C=N–C) groups is 2. The van der Waals surface area contributed by atoms with E-state index in [0.717, 1.165) is 10.8 Å². The predicted molar refractivity (Wildman–Crippen MR) is 167 cm³/mol. The van der Waals surface area contributed by atoms with Gasteiger partial charge in [0.2, 0.25) is 0 Å². The molecule has 218 valence electrons. The summed E-state index contributed by atoms with van der Waals surface area (Å²) < 4.78 is 9.84. The van der Waals surface area contributed by atoms with Gasteiger partial charge < -0.3 is 19.7 Å². The van der Waals surface area contributed by atoms with E-state index in [-0.39, 0.29) is 23.3 Å². The van der Waals surface area contributed by atoms with Gasteiger partial charge in [-0.1, -0.05) is 76.2 Å². The van der Waals surface area contributed by atoms with Crippen LogP contribution in [0.25, 0.3) is 32.7 Å². The molecule has 0 fully saturated rings. The Labute approximate surface area is 245 Å². The van der Waals surface area contributed by atoms with Crippen LogP contribution in [0.3, 0.4) is 0 Å². The molecule has 0 aliphatic rings. The van der Waals surface area contributed by atoms with Crippen LogP contribution in [-0.4, -0.2) is 60.9 Å². The lowest BCUT2D eigenvalue weighted by Gasteiger charge is -2.18. The first-order chi connectivity index (χ1) is 20.1. The van der Waals surface area contributed by atoms with Gasteiger partial charge in [-0.2, -0.15) is 0 Å². The van der Waals surface area contributed by atoms with E-state index in [1.165, 1.54) is 26.6 Å². The molecule has 4 rings (SSSR count). The van der Waals surface area contributed by atoms with Crippen molar-refractivity contribution >= 4 is 45.9 Å². The fourth-order valence-corrected chi connectivity index (χ4v) is 4.99. The quantitative estimate of drug-likeness (QED) is 0.181. The highest BCUT2D eigenvalue weighted by Crippen LogP contribution is 2.47. The minimum Gasteiger partial charge on any atom is -0.507 e. The van der Waals surface area contributed by atoms with Gasteiger partial charge in [-0.3, -0.25) is 9.98 Å². The molecule has 8 nitrogen and oxygen atoms in total. The van der Waals surface area contributed by atoms with Gasteiger partial charge in [-0.15, -0.1) is 0 Å². The first-order valence-corrected chi connectivity index (χ1v) is 13.8. The highest BCUT2D eigenvalue weighted by molar-refractivity contribution is 6.14. The van der Waals surface area contributed by atoms with Crippen LogP contribution in [0.1, 0.15) is 38.8 Å². The summed E-state index contributed by atoms with van der Waals surface area (Å²) in [7, 11) is 2.63. The Bertz CT molecular complexity index is 1560. The molecule has 0 radical (unpaired) electrons. The van der Waals surface area contributed by atoms with E-state index in [4.69, 9.17) is 9.47 Å². The van der Waals surface area contributed by atoms with Crippen molar-refractivity contribution < 1.29 is 29.3 Å². The molecule has 2 N–H and O–H groups in total. The molecule has 4 aromatic carbocycles. The first-order valence-electron chi connectivity index (χ1n) is 13.8. The van der Waals surface area contributed by atoms with Crippen LogP contribution in [0.4, 0.5) is 0 Å². The average molecular weight is 569 g/mol. The summed E-state index contributed by atoms with van der Waals surface area (Å²) in [5.41, 5.74) is 1.58. The summed E-state index contributed by atoms with van der Waals surface area (Å²) in [5, 5.41) is 26.5. The maximum absolute atomic E-state index is 12.3. The summed E-state index contributed by atoms with van der Waals surface area (Å²) >= 11 is 0. The molecule has 0 aliphatic carbocycles. The largest absolute Gasteiger partial charge is 0.507 e. The Hall–Kier alpha value is -4.72. The van der Waals surface area contributed by atoms with Gasteiger partial charge in [0, 0.05) is 34.7 Å². The van der Waals surface area contributed by atoms with Crippen LogP contribution in [0.2, 0.25) is 0 Å². The van der Waals surface area contributed by atoms with E-state index in [1.807, 2.05) is 76.2 Å². The molecule has 0 bridgehead atoms. The van der Waals surface area contributed by atoms with Crippen molar-refractivity contribution in [3.05, 3.63) is 71.8 Å². The van der Waals surface area contributed by atoms with Gasteiger partial charge in [0.25, 0.3) is 0 Å². The molecule has 0 aliphatic heterocycles. The Morgan fingerprint density at radius 1 is 0.667 bits per heavy atom. The van der Waals surface area contributed by atoms with Gasteiger partial charge in [0.15, 0.2) is 0 Å². The number of benzene rings is 4. The van der Waals surface area contributed by atoms with Crippen molar-refractivity contribution in [2.75, 3.05) is 14.2 Å². The van der Waals surface area contributed by atoms with E-state index in [0.29, 0.717) is 33.0 Å². The zero-order valence-electron chi connectivity index (χ0n) is 24.7. The van der Waals surface area contributed by atoms with Gasteiger partial charge >= 0.3 is 11.9 Å². The maximum Gasteiger partial charge on any atom is 0.330 e. The summed E-state index contributed by atoms with van der Waals surface area (Å²) in [4.78, 5) is 33.6. The first kappa shape index (κ1) is 30.2. The van der Waals surface area contributed by atoms with Gasteiger partial charge in [-0.05, 0) is 45.5 Å². The smallest absolute Gasteiger partial charge is 0.330 e. The third-order valence-electron chi connectivity index (χ3n) is 7.25. The van der Waals surface area contributed by atoms with Crippen LogP contribution >= 0.6 is 0 Å². The number of ether oxygens (including phenoxy) is 2. The molecule has 0 spiro atoms. The summed E-state index contributed by atoms with van der Waals surface area (Å²) in [6, 6.07) is 17.1. The number of fused-ring (bicyclic) bond motifs is 2. The Balaban J connectivity index is 2.01. The van der Waals surface area contributed by atoms with Crippen LogP contribution < -0.4 is 0 Å². The molecule has 8 heteroatoms. The molecular weight excluding hydrogens is 532 g/mol. The average Bonchev–Trinajstić information content (AvgIpc) is 2.97. The van der Waals surface area contributed by atoms with E-state index in [9.17, 15) is 19.8 Å². The molecule has 0 aromatic heterocycles. The lowest BCUT2D eigenvalue weighted by atomic mass is 9.89. The number of phenols is 2. The molecule has 0 unspecified atom stereocenters. The number of methoxy groups -OCH3 is 2. The molecule has 0 amide bonds. The number of nitrogens with zero attached hydrogens (tertiary/aromatic N) is 2. The second-order valence-corrected chi connectivity index (χ2v) is 10.8. The number of hydrogen-bond acceptors (Lipinski definition) is 8. The number of carbonyl (C=O) groups is 2. The predicted octanol–water partition coefficient (Wildman–Crippen LogP) is 6.30. The van der Waals surface area contributed by atoms with E-state index >= 15 is 0 Å². The summed E-state index contributed by atoms with van der Waals surface area (Å²) in [5.74, 6) is -1.39. The molecule has 0 saturated heterocycles. The number of carbonyl (C=O) groups excluding carboxylic acids is 2. The minimum absolute atomic E-state index is 0.103. The normalized spacial score (nSPS) is 13.4. The third-order valence-corrected chi connectivity index (χ3v) is 7.25. The Kier molecular flexibility index (Phi) is 9.25. The molecule has 2 atom stereocenters. The number of esters is 2. The van der Waals surface area contributed by atoms with Crippen molar-refractivity contribution in [1.29, 1.82) is 0 Å². The molecule has 4 aromatic rings. The molecular formula is C34H36N2O6. The minimum atomic E-state index is -0.748. The maximum atomic E-state index is 12.3. The number of aromatic hydroxyl groups is 2. The second kappa shape index (κ2) is 12.9. The van der Waals surface area contributed by atoms with Crippen molar-refractivity contribution in [3.8, 4) is 22.6 Å². The van der Waals surface area contributed by atoms with Crippen molar-refractivity contribution in [2.45, 2.75) is 39.8 Å². The fraction of sp³-hybridized carbons (Fsp3) is 0.294. The topological polar surface area (TPSA) is 118 Å². The fourth-order valence-electron chi connectivity index (χ4n) is 4.99. The molecule has 0 heterocycles. The molecule has 42 heavy (non-hydrogen) atoms.